The second-order valence-corrected chi connectivity index (χ2v) is 4.19. The second kappa shape index (κ2) is 4.52. The first-order chi connectivity index (χ1) is 7.39. The maximum Gasteiger partial charge on any atom is 0.226 e. The Balaban J connectivity index is 3.13. The van der Waals surface area contributed by atoms with E-state index in [9.17, 15) is 0 Å². The molecule has 0 saturated heterocycles. The van der Waals surface area contributed by atoms with Gasteiger partial charge in [0.05, 0.1) is 6.07 Å². The molecule has 7 heteroatoms. The molecule has 0 saturated carbocycles. The lowest BCUT2D eigenvalue weighted by molar-refractivity contribution is 0.717. The van der Waals surface area contributed by atoms with E-state index in [2.05, 4.69) is 15.3 Å². The Kier molecular flexibility index (Phi) is 3.54. The Morgan fingerprint density at radius 1 is 1.19 bits per heavy atom. The fraction of sp³-hybridized carbons (Fsp3) is 0.333. The van der Waals surface area contributed by atoms with Crippen LogP contribution >= 0.6 is 23.2 Å². The summed E-state index contributed by atoms with van der Waals surface area (Å²) in [7, 11) is 0. The Morgan fingerprint density at radius 2 is 1.69 bits per heavy atom. The van der Waals surface area contributed by atoms with Gasteiger partial charge in [-0.3, -0.25) is 0 Å². The van der Waals surface area contributed by atoms with Crippen LogP contribution in [0.1, 0.15) is 19.4 Å². The molecule has 0 aliphatic carbocycles. The van der Waals surface area contributed by atoms with Crippen molar-refractivity contribution in [2.24, 2.45) is 0 Å². The third-order valence-corrected chi connectivity index (χ3v) is 2.18. The molecule has 82 valence electrons. The second-order valence-electron chi connectivity index (χ2n) is 3.48. The summed E-state index contributed by atoms with van der Waals surface area (Å²) >= 11 is 11.5. The Morgan fingerprint density at radius 3 is 2.06 bits per heavy atom. The number of nitriles is 2. The van der Waals surface area contributed by atoms with E-state index in [4.69, 9.17) is 33.7 Å². The van der Waals surface area contributed by atoms with Crippen LogP contribution in [0, 0.1) is 22.7 Å². The van der Waals surface area contributed by atoms with Crippen LogP contribution in [-0.4, -0.2) is 15.5 Å². The number of aromatic nitrogens is 2. The van der Waals surface area contributed by atoms with Gasteiger partial charge in [0.1, 0.15) is 17.2 Å². The molecule has 0 radical (unpaired) electrons. The number of hydrogen-bond donors (Lipinski definition) is 1. The molecule has 1 aromatic heterocycles. The highest BCUT2D eigenvalue weighted by atomic mass is 35.5. The molecule has 0 bridgehead atoms. The van der Waals surface area contributed by atoms with Gasteiger partial charge in [-0.25, -0.2) is 0 Å². The zero-order valence-electron chi connectivity index (χ0n) is 8.54. The molecule has 1 rings (SSSR count). The molecular formula is C9H7Cl2N5. The first-order valence-corrected chi connectivity index (χ1v) is 4.98. The van der Waals surface area contributed by atoms with Crippen molar-refractivity contribution in [3.8, 4) is 12.1 Å². The van der Waals surface area contributed by atoms with E-state index in [1.807, 2.05) is 6.07 Å². The minimum atomic E-state index is -0.846. The fourth-order valence-corrected chi connectivity index (χ4v) is 1.34. The summed E-state index contributed by atoms with van der Waals surface area (Å²) in [5, 5.41) is 20.2. The highest BCUT2D eigenvalue weighted by molar-refractivity contribution is 6.35. The summed E-state index contributed by atoms with van der Waals surface area (Å²) < 4.78 is 0. The van der Waals surface area contributed by atoms with Gasteiger partial charge in [0.15, 0.2) is 10.3 Å². The van der Waals surface area contributed by atoms with Crippen molar-refractivity contribution >= 4 is 29.2 Å². The first-order valence-electron chi connectivity index (χ1n) is 4.22. The zero-order chi connectivity index (χ0) is 12.3. The van der Waals surface area contributed by atoms with E-state index in [1.165, 1.54) is 0 Å². The molecule has 1 aromatic rings. The van der Waals surface area contributed by atoms with E-state index >= 15 is 0 Å². The largest absolute Gasteiger partial charge is 0.336 e. The smallest absolute Gasteiger partial charge is 0.226 e. The number of hydrogen-bond acceptors (Lipinski definition) is 5. The molecule has 0 fully saturated rings. The number of halogens is 2. The molecule has 0 atom stereocenters. The molecular weight excluding hydrogens is 249 g/mol. The molecule has 0 aliphatic rings. The van der Waals surface area contributed by atoms with Crippen LogP contribution < -0.4 is 5.32 Å². The highest BCUT2D eigenvalue weighted by Crippen LogP contribution is 2.22. The molecule has 0 spiro atoms. The molecule has 0 aromatic carbocycles. The van der Waals surface area contributed by atoms with Gasteiger partial charge in [-0.15, -0.1) is 0 Å². The lowest BCUT2D eigenvalue weighted by Crippen LogP contribution is -2.29. The summed E-state index contributed by atoms with van der Waals surface area (Å²) in [6.07, 6.45) is 0. The summed E-state index contributed by atoms with van der Waals surface area (Å²) in [6, 6.07) is 3.80. The van der Waals surface area contributed by atoms with E-state index in [0.29, 0.717) is 0 Å². The van der Waals surface area contributed by atoms with E-state index in [1.54, 1.807) is 19.9 Å². The van der Waals surface area contributed by atoms with Gasteiger partial charge in [-0.2, -0.15) is 20.5 Å². The van der Waals surface area contributed by atoms with Crippen LogP contribution in [0.4, 0.5) is 5.95 Å². The van der Waals surface area contributed by atoms with Gasteiger partial charge >= 0.3 is 0 Å². The van der Waals surface area contributed by atoms with E-state index in [-0.39, 0.29) is 21.8 Å². The van der Waals surface area contributed by atoms with Gasteiger partial charge < -0.3 is 5.32 Å². The quantitative estimate of drug-likeness (QED) is 0.821. The normalized spacial score (nSPS) is 10.4. The van der Waals surface area contributed by atoms with E-state index in [0.717, 1.165) is 0 Å². The minimum Gasteiger partial charge on any atom is -0.336 e. The van der Waals surface area contributed by atoms with Gasteiger partial charge in [-0.1, -0.05) is 23.2 Å². The predicted octanol–water partition coefficient (Wildman–Crippen LogP) is 2.37. The average molecular weight is 256 g/mol. The third kappa shape index (κ3) is 2.73. The SMILES string of the molecule is CC(C)(C#N)Nc1nc(Cl)c(C#N)c(Cl)n1. The van der Waals surface area contributed by atoms with Gasteiger partial charge in [0, 0.05) is 0 Å². The molecule has 1 heterocycles. The minimum absolute atomic E-state index is 0.0173. The Labute approximate surface area is 103 Å². The van der Waals surface area contributed by atoms with Crippen molar-refractivity contribution in [1.82, 2.24) is 9.97 Å². The van der Waals surface area contributed by atoms with Crippen LogP contribution in [0.15, 0.2) is 0 Å². The number of anilines is 1. The zero-order valence-corrected chi connectivity index (χ0v) is 10.1. The Hall–Kier alpha value is -1.56. The van der Waals surface area contributed by atoms with Crippen LogP contribution in [-0.2, 0) is 0 Å². The molecule has 1 N–H and O–H groups in total. The number of rotatable bonds is 2. The fourth-order valence-electron chi connectivity index (χ4n) is 0.863. The van der Waals surface area contributed by atoms with Crippen molar-refractivity contribution in [3.05, 3.63) is 15.9 Å². The first kappa shape index (κ1) is 12.5. The van der Waals surface area contributed by atoms with Crippen LogP contribution in [0.5, 0.6) is 0 Å². The topological polar surface area (TPSA) is 85.4 Å². The van der Waals surface area contributed by atoms with Crippen molar-refractivity contribution in [2.75, 3.05) is 5.32 Å². The molecule has 5 nitrogen and oxygen atoms in total. The van der Waals surface area contributed by atoms with Crippen LogP contribution in [0.2, 0.25) is 10.3 Å². The summed E-state index contributed by atoms with van der Waals surface area (Å²) in [5.74, 6) is 0.112. The number of nitrogens with zero attached hydrogens (tertiary/aromatic N) is 4. The van der Waals surface area contributed by atoms with Crippen molar-refractivity contribution in [3.63, 3.8) is 0 Å². The predicted molar refractivity (Wildman–Crippen MR) is 60.1 cm³/mol. The molecule has 0 amide bonds. The summed E-state index contributed by atoms with van der Waals surface area (Å²) in [5.41, 5.74) is -0.829. The lowest BCUT2D eigenvalue weighted by Gasteiger charge is -2.17. The summed E-state index contributed by atoms with van der Waals surface area (Å²) in [6.45, 7) is 3.30. The van der Waals surface area contributed by atoms with Gasteiger partial charge in [-0.05, 0) is 13.8 Å². The summed E-state index contributed by atoms with van der Waals surface area (Å²) in [4.78, 5) is 7.65. The number of nitrogens with one attached hydrogen (secondary N) is 1. The maximum absolute atomic E-state index is 8.81. The van der Waals surface area contributed by atoms with Crippen molar-refractivity contribution in [2.45, 2.75) is 19.4 Å². The van der Waals surface area contributed by atoms with Gasteiger partial charge in [0.2, 0.25) is 5.95 Å². The third-order valence-electron chi connectivity index (χ3n) is 1.64. The van der Waals surface area contributed by atoms with E-state index < -0.39 is 5.54 Å². The van der Waals surface area contributed by atoms with Crippen LogP contribution in [0.3, 0.4) is 0 Å². The van der Waals surface area contributed by atoms with Crippen molar-refractivity contribution < 1.29 is 0 Å². The lowest BCUT2D eigenvalue weighted by atomic mass is 10.1. The molecule has 16 heavy (non-hydrogen) atoms. The highest BCUT2D eigenvalue weighted by Gasteiger charge is 2.19. The molecule has 0 unspecified atom stereocenters. The average Bonchev–Trinajstić information content (AvgIpc) is 2.16. The molecule has 0 aliphatic heterocycles. The Bertz CT molecular complexity index is 475. The van der Waals surface area contributed by atoms with Gasteiger partial charge in [0.25, 0.3) is 0 Å². The monoisotopic (exact) mass is 255 g/mol. The van der Waals surface area contributed by atoms with Crippen LogP contribution in [0.25, 0.3) is 0 Å². The van der Waals surface area contributed by atoms with Crippen molar-refractivity contribution in [1.29, 1.82) is 10.5 Å². The standard InChI is InChI=1S/C9H7Cl2N5/c1-9(2,4-13)16-8-14-6(10)5(3-12)7(11)15-8/h1-2H3,(H,14,15,16). The maximum atomic E-state index is 8.81.